The topological polar surface area (TPSA) is 118 Å². The van der Waals surface area contributed by atoms with Gasteiger partial charge in [0.15, 0.2) is 0 Å². The Morgan fingerprint density at radius 3 is 2.28 bits per heavy atom. The van der Waals surface area contributed by atoms with Gasteiger partial charge in [-0.1, -0.05) is 64.3 Å². The molecule has 7 atom stereocenters. The van der Waals surface area contributed by atoms with Crippen LogP contribution in [0.3, 0.4) is 0 Å². The summed E-state index contributed by atoms with van der Waals surface area (Å²) in [4.78, 5) is 13.5. The lowest BCUT2D eigenvalue weighted by atomic mass is 9.61. The first kappa shape index (κ1) is 32.3. The number of rotatable bonds is 11. The van der Waals surface area contributed by atoms with Crippen LogP contribution in [0.1, 0.15) is 87.5 Å². The summed E-state index contributed by atoms with van der Waals surface area (Å²) in [5.41, 5.74) is -0.173. The van der Waals surface area contributed by atoms with E-state index in [2.05, 4.69) is 53.3 Å². The van der Waals surface area contributed by atoms with Crippen LogP contribution in [0, 0.1) is 80.3 Å². The predicted molar refractivity (Wildman–Crippen MR) is 152 cm³/mol. The second kappa shape index (κ2) is 13.0. The van der Waals surface area contributed by atoms with Crippen LogP contribution in [0.5, 0.6) is 0 Å². The van der Waals surface area contributed by atoms with Gasteiger partial charge in [-0.25, -0.2) is 0 Å². The van der Waals surface area contributed by atoms with Gasteiger partial charge in [0.25, 0.3) is 0 Å². The number of hydrogen-bond acceptors (Lipinski definition) is 6. The van der Waals surface area contributed by atoms with Gasteiger partial charge in [0, 0.05) is 5.92 Å². The molecule has 6 heteroatoms. The van der Waals surface area contributed by atoms with Crippen LogP contribution in [0.4, 0.5) is 0 Å². The number of allylic oxidation sites excluding steroid dienone is 3. The highest BCUT2D eigenvalue weighted by Gasteiger charge is 2.55. The predicted octanol–water partition coefficient (Wildman–Crippen LogP) is 7.05. The lowest BCUT2D eigenvalue weighted by Gasteiger charge is -2.46. The highest BCUT2D eigenvalue weighted by atomic mass is 16.5. The molecule has 0 aliphatic heterocycles. The number of fused-ring (bicyclic) bond motifs is 1. The molecular weight excluding hydrogens is 486 g/mol. The number of ether oxygens (including phenoxy) is 1. The molecule has 2 aliphatic carbocycles. The molecule has 0 aromatic carbocycles. The standard InChI is InChI=1S/C33H47N3O3/c1-20(2)12-26(37)14-22(5)10-11-27-24(7)28(21(3)4)16-25-13-23(6)15-29(30(25)27)39-31(38)32(8,9)33(17-34,18-35)19-36/h13,16,21-24,26-27,29-30,37H,1,10-12,14-15H2,2-9H3/t22-,23?,24?,26?,27?,29?,30?/m1/s1. The maximum absolute atomic E-state index is 13.5. The van der Waals surface area contributed by atoms with Crippen LogP contribution in [0.25, 0.3) is 0 Å². The Morgan fingerprint density at radius 2 is 1.77 bits per heavy atom. The van der Waals surface area contributed by atoms with Crippen molar-refractivity contribution in [3.8, 4) is 18.2 Å². The molecule has 39 heavy (non-hydrogen) atoms. The fourth-order valence-electron chi connectivity index (χ4n) is 6.51. The summed E-state index contributed by atoms with van der Waals surface area (Å²) < 4.78 is 6.18. The van der Waals surface area contributed by atoms with Gasteiger partial charge in [0.1, 0.15) is 29.7 Å². The molecule has 6 nitrogen and oxygen atoms in total. The van der Waals surface area contributed by atoms with Crippen molar-refractivity contribution in [2.75, 3.05) is 0 Å². The zero-order valence-corrected chi connectivity index (χ0v) is 25.1. The van der Waals surface area contributed by atoms with E-state index in [0.717, 1.165) is 24.8 Å². The molecule has 0 saturated carbocycles. The van der Waals surface area contributed by atoms with Crippen molar-refractivity contribution in [1.29, 1.82) is 15.8 Å². The number of carbonyl (C=O) groups is 1. The maximum Gasteiger partial charge on any atom is 0.315 e. The minimum absolute atomic E-state index is 0.00773. The van der Waals surface area contributed by atoms with Crippen LogP contribution >= 0.6 is 0 Å². The van der Waals surface area contributed by atoms with E-state index in [9.17, 15) is 25.7 Å². The van der Waals surface area contributed by atoms with Gasteiger partial charge in [-0.2, -0.15) is 15.8 Å². The molecule has 212 valence electrons. The molecule has 0 aromatic heterocycles. The minimum Gasteiger partial charge on any atom is -0.461 e. The molecule has 0 aromatic rings. The number of hydrogen-bond donors (Lipinski definition) is 1. The van der Waals surface area contributed by atoms with E-state index in [1.54, 1.807) is 18.2 Å². The zero-order valence-electron chi connectivity index (χ0n) is 25.1. The number of aliphatic hydroxyl groups is 1. The lowest BCUT2D eigenvalue weighted by Crippen LogP contribution is -2.47. The number of carbonyl (C=O) groups excluding carboxylic acids is 1. The first-order valence-electron chi connectivity index (χ1n) is 14.3. The summed E-state index contributed by atoms with van der Waals surface area (Å²) in [5.74, 6) is 0.744. The molecule has 0 saturated heterocycles. The normalized spacial score (nSPS) is 26.6. The van der Waals surface area contributed by atoms with Gasteiger partial charge in [-0.15, -0.1) is 6.58 Å². The van der Waals surface area contributed by atoms with Crippen molar-refractivity contribution >= 4 is 5.97 Å². The Labute approximate surface area is 236 Å². The van der Waals surface area contributed by atoms with Crippen LogP contribution < -0.4 is 0 Å². The molecule has 0 fully saturated rings. The van der Waals surface area contributed by atoms with Gasteiger partial charge < -0.3 is 9.84 Å². The van der Waals surface area contributed by atoms with Crippen molar-refractivity contribution < 1.29 is 14.6 Å². The largest absolute Gasteiger partial charge is 0.461 e. The highest BCUT2D eigenvalue weighted by Crippen LogP contribution is 2.50. The zero-order chi connectivity index (χ0) is 29.7. The SMILES string of the molecule is C=C(C)CC(O)C[C@H](C)CCC1C(C)C(C(C)C)=CC2=CC(C)CC(OC(=O)C(C)(C)C(C#N)(C#N)C#N)C21. The van der Waals surface area contributed by atoms with Crippen molar-refractivity contribution in [2.45, 2.75) is 99.7 Å². The Bertz CT molecular complexity index is 1070. The van der Waals surface area contributed by atoms with E-state index >= 15 is 0 Å². The van der Waals surface area contributed by atoms with Gasteiger partial charge in [0.2, 0.25) is 5.41 Å². The van der Waals surface area contributed by atoms with E-state index < -0.39 is 29.0 Å². The molecule has 0 spiro atoms. The Morgan fingerprint density at radius 1 is 1.18 bits per heavy atom. The molecule has 1 N–H and O–H groups in total. The summed E-state index contributed by atoms with van der Waals surface area (Å²) >= 11 is 0. The molecular formula is C33H47N3O3. The van der Waals surface area contributed by atoms with E-state index in [4.69, 9.17) is 4.74 Å². The molecule has 0 amide bonds. The van der Waals surface area contributed by atoms with E-state index in [1.807, 2.05) is 6.92 Å². The quantitative estimate of drug-likeness (QED) is 0.225. The molecule has 2 rings (SSSR count). The first-order valence-corrected chi connectivity index (χ1v) is 14.3. The second-order valence-electron chi connectivity index (χ2n) is 13.0. The van der Waals surface area contributed by atoms with Crippen LogP contribution in [0.15, 0.2) is 35.5 Å². The Balaban J connectivity index is 2.40. The smallest absolute Gasteiger partial charge is 0.315 e. The number of nitriles is 3. The van der Waals surface area contributed by atoms with Crippen LogP contribution in [-0.2, 0) is 9.53 Å². The van der Waals surface area contributed by atoms with Gasteiger partial charge in [-0.05, 0) is 81.6 Å². The molecule has 0 bridgehead atoms. The molecule has 0 heterocycles. The van der Waals surface area contributed by atoms with E-state index in [-0.39, 0.29) is 17.8 Å². The van der Waals surface area contributed by atoms with Crippen LogP contribution in [-0.4, -0.2) is 23.3 Å². The summed E-state index contributed by atoms with van der Waals surface area (Å²) in [6.07, 6.45) is 7.64. The number of nitrogens with zero attached hydrogens (tertiary/aromatic N) is 3. The van der Waals surface area contributed by atoms with Crippen molar-refractivity contribution in [3.63, 3.8) is 0 Å². The molecule has 2 aliphatic rings. The van der Waals surface area contributed by atoms with E-state index in [1.165, 1.54) is 25.0 Å². The van der Waals surface area contributed by atoms with Crippen molar-refractivity contribution in [2.24, 2.45) is 46.3 Å². The third kappa shape index (κ3) is 7.01. The summed E-state index contributed by atoms with van der Waals surface area (Å²) in [7, 11) is 0. The fourth-order valence-corrected chi connectivity index (χ4v) is 6.51. The Hall–Kier alpha value is -2.88. The molecule has 0 radical (unpaired) electrons. The number of aliphatic hydroxyl groups excluding tert-OH is 1. The average molecular weight is 534 g/mol. The number of esters is 1. The van der Waals surface area contributed by atoms with Gasteiger partial charge in [0.05, 0.1) is 6.10 Å². The summed E-state index contributed by atoms with van der Waals surface area (Å²) in [5, 5.41) is 39.4. The Kier molecular flexibility index (Phi) is 10.8. The van der Waals surface area contributed by atoms with Gasteiger partial charge >= 0.3 is 5.97 Å². The fraction of sp³-hybridized carbons (Fsp3) is 0.697. The lowest BCUT2D eigenvalue weighted by molar-refractivity contribution is -0.167. The van der Waals surface area contributed by atoms with Crippen LogP contribution in [0.2, 0.25) is 0 Å². The minimum atomic E-state index is -2.13. The average Bonchev–Trinajstić information content (AvgIpc) is 2.83. The summed E-state index contributed by atoms with van der Waals surface area (Å²) in [6.45, 7) is 19.7. The maximum atomic E-state index is 13.5. The van der Waals surface area contributed by atoms with Gasteiger partial charge in [-0.3, -0.25) is 4.79 Å². The second-order valence-corrected chi connectivity index (χ2v) is 13.0. The molecule has 6 unspecified atom stereocenters. The van der Waals surface area contributed by atoms with Crippen molar-refractivity contribution in [1.82, 2.24) is 0 Å². The van der Waals surface area contributed by atoms with Crippen molar-refractivity contribution in [3.05, 3.63) is 35.5 Å². The highest BCUT2D eigenvalue weighted by molar-refractivity contribution is 5.79. The third-order valence-corrected chi connectivity index (χ3v) is 8.96. The first-order chi connectivity index (χ1) is 18.1. The summed E-state index contributed by atoms with van der Waals surface area (Å²) in [6, 6.07) is 5.29. The third-order valence-electron chi connectivity index (χ3n) is 8.96. The van der Waals surface area contributed by atoms with E-state index in [0.29, 0.717) is 30.6 Å². The monoisotopic (exact) mass is 533 g/mol.